The van der Waals surface area contributed by atoms with Gasteiger partial charge in [0.05, 0.1) is 30.1 Å². The van der Waals surface area contributed by atoms with Crippen molar-refractivity contribution in [1.82, 2.24) is 9.97 Å². The van der Waals surface area contributed by atoms with Crippen LogP contribution in [-0.2, 0) is 0 Å². The molecule has 1 aromatic carbocycles. The molecule has 106 valence electrons. The number of aromatic nitrogens is 2. The molecule has 0 atom stereocenters. The monoisotopic (exact) mass is 282 g/mol. The summed E-state index contributed by atoms with van der Waals surface area (Å²) < 4.78 is 10.7. The number of rotatable bonds is 5. The standard InChI is InChI=1S/C15H14N4O2/c1-2-20-15-14(19-16-10-11-6-5-9-21-11)17-12-7-3-4-8-13(12)18-15/h3-10H,2H2,1H3,(H,17,19)/b16-10+. The molecule has 3 aromatic rings. The highest BCUT2D eigenvalue weighted by Gasteiger charge is 2.08. The van der Waals surface area contributed by atoms with Gasteiger partial charge in [0.2, 0.25) is 5.82 Å². The van der Waals surface area contributed by atoms with E-state index in [0.29, 0.717) is 24.1 Å². The second-order valence-electron chi connectivity index (χ2n) is 4.18. The Balaban J connectivity index is 1.89. The first kappa shape index (κ1) is 13.1. The SMILES string of the molecule is CCOc1nc2ccccc2nc1N/N=C/c1ccco1. The molecule has 1 N–H and O–H groups in total. The minimum atomic E-state index is 0.424. The van der Waals surface area contributed by atoms with Crippen LogP contribution in [0.2, 0.25) is 0 Å². The highest BCUT2D eigenvalue weighted by molar-refractivity contribution is 5.79. The van der Waals surface area contributed by atoms with Crippen LogP contribution < -0.4 is 10.2 Å². The number of fused-ring (bicyclic) bond motifs is 1. The Kier molecular flexibility index (Phi) is 3.77. The summed E-state index contributed by atoms with van der Waals surface area (Å²) in [6.07, 6.45) is 3.15. The van der Waals surface area contributed by atoms with Crippen LogP contribution in [0.5, 0.6) is 5.88 Å². The molecule has 0 aliphatic rings. The molecule has 0 spiro atoms. The molecule has 0 aliphatic heterocycles. The summed E-state index contributed by atoms with van der Waals surface area (Å²) in [7, 11) is 0. The predicted octanol–water partition coefficient (Wildman–Crippen LogP) is 3.07. The minimum Gasteiger partial charge on any atom is -0.475 e. The molecule has 0 saturated heterocycles. The first-order valence-electron chi connectivity index (χ1n) is 6.59. The molecule has 0 unspecified atom stereocenters. The van der Waals surface area contributed by atoms with Gasteiger partial charge < -0.3 is 9.15 Å². The maximum absolute atomic E-state index is 5.50. The average molecular weight is 282 g/mol. The number of nitrogens with zero attached hydrogens (tertiary/aromatic N) is 3. The molecule has 6 nitrogen and oxygen atoms in total. The molecule has 0 fully saturated rings. The third-order valence-corrected chi connectivity index (χ3v) is 2.73. The van der Waals surface area contributed by atoms with Gasteiger partial charge in [-0.2, -0.15) is 5.10 Å². The zero-order valence-electron chi connectivity index (χ0n) is 11.5. The zero-order valence-corrected chi connectivity index (χ0v) is 11.5. The lowest BCUT2D eigenvalue weighted by atomic mass is 10.3. The number of benzene rings is 1. The number of hydrogen-bond acceptors (Lipinski definition) is 6. The molecule has 0 radical (unpaired) electrons. The van der Waals surface area contributed by atoms with Crippen molar-refractivity contribution in [3.8, 4) is 5.88 Å². The summed E-state index contributed by atoms with van der Waals surface area (Å²) in [6, 6.07) is 11.2. The van der Waals surface area contributed by atoms with Gasteiger partial charge in [0.25, 0.3) is 5.88 Å². The normalized spacial score (nSPS) is 11.1. The molecule has 0 amide bonds. The Hall–Kier alpha value is -2.89. The van der Waals surface area contributed by atoms with E-state index in [2.05, 4.69) is 20.5 Å². The van der Waals surface area contributed by atoms with Crippen molar-refractivity contribution in [2.45, 2.75) is 6.92 Å². The summed E-state index contributed by atoms with van der Waals surface area (Å²) in [5.41, 5.74) is 4.39. The van der Waals surface area contributed by atoms with E-state index in [9.17, 15) is 0 Å². The van der Waals surface area contributed by atoms with Crippen molar-refractivity contribution in [1.29, 1.82) is 0 Å². The van der Waals surface area contributed by atoms with Gasteiger partial charge in [-0.3, -0.25) is 5.43 Å². The number of para-hydroxylation sites is 2. The number of hydrazone groups is 1. The Morgan fingerprint density at radius 1 is 1.19 bits per heavy atom. The van der Waals surface area contributed by atoms with E-state index < -0.39 is 0 Å². The summed E-state index contributed by atoms with van der Waals surface area (Å²) in [5.74, 6) is 1.54. The quantitative estimate of drug-likeness (QED) is 0.575. The van der Waals surface area contributed by atoms with Crippen LogP contribution in [-0.4, -0.2) is 22.8 Å². The molecule has 0 saturated carbocycles. The van der Waals surface area contributed by atoms with Crippen molar-refractivity contribution in [2.75, 3.05) is 12.0 Å². The Labute approximate surface area is 121 Å². The second-order valence-corrected chi connectivity index (χ2v) is 4.18. The van der Waals surface area contributed by atoms with E-state index in [1.54, 1.807) is 24.6 Å². The maximum Gasteiger partial charge on any atom is 0.259 e. The van der Waals surface area contributed by atoms with Gasteiger partial charge in [0.1, 0.15) is 5.76 Å². The van der Waals surface area contributed by atoms with Crippen LogP contribution in [0.15, 0.2) is 52.2 Å². The van der Waals surface area contributed by atoms with E-state index in [1.165, 1.54) is 0 Å². The maximum atomic E-state index is 5.50. The molecule has 3 rings (SSSR count). The zero-order chi connectivity index (χ0) is 14.5. The van der Waals surface area contributed by atoms with Crippen LogP contribution in [0.3, 0.4) is 0 Å². The van der Waals surface area contributed by atoms with E-state index in [1.807, 2.05) is 31.2 Å². The fraction of sp³-hybridized carbons (Fsp3) is 0.133. The third kappa shape index (κ3) is 3.00. The van der Waals surface area contributed by atoms with Gasteiger partial charge >= 0.3 is 0 Å². The molecule has 0 bridgehead atoms. The summed E-state index contributed by atoms with van der Waals surface area (Å²) in [4.78, 5) is 8.91. The highest BCUT2D eigenvalue weighted by Crippen LogP contribution is 2.23. The number of anilines is 1. The van der Waals surface area contributed by atoms with Gasteiger partial charge in [-0.05, 0) is 31.2 Å². The first-order chi connectivity index (χ1) is 10.4. The minimum absolute atomic E-state index is 0.424. The van der Waals surface area contributed by atoms with Crippen LogP contribution in [0.1, 0.15) is 12.7 Å². The molecular formula is C15H14N4O2. The fourth-order valence-corrected chi connectivity index (χ4v) is 1.82. The van der Waals surface area contributed by atoms with Crippen molar-refractivity contribution in [3.63, 3.8) is 0 Å². The van der Waals surface area contributed by atoms with E-state index >= 15 is 0 Å². The topological polar surface area (TPSA) is 72.5 Å². The molecule has 6 heteroatoms. The van der Waals surface area contributed by atoms with Gasteiger partial charge in [0, 0.05) is 0 Å². The Morgan fingerprint density at radius 3 is 2.71 bits per heavy atom. The smallest absolute Gasteiger partial charge is 0.259 e. The van der Waals surface area contributed by atoms with Gasteiger partial charge in [-0.25, -0.2) is 9.97 Å². The largest absolute Gasteiger partial charge is 0.475 e. The lowest BCUT2D eigenvalue weighted by Crippen LogP contribution is -2.03. The van der Waals surface area contributed by atoms with Crippen molar-refractivity contribution in [3.05, 3.63) is 48.4 Å². The lowest BCUT2D eigenvalue weighted by Gasteiger charge is -2.08. The number of ether oxygens (including phenoxy) is 1. The van der Waals surface area contributed by atoms with Gasteiger partial charge in [0.15, 0.2) is 0 Å². The fourth-order valence-electron chi connectivity index (χ4n) is 1.82. The molecule has 2 heterocycles. The number of hydrogen-bond donors (Lipinski definition) is 1. The van der Waals surface area contributed by atoms with E-state index in [0.717, 1.165) is 11.0 Å². The lowest BCUT2D eigenvalue weighted by molar-refractivity contribution is 0.328. The average Bonchev–Trinajstić information content (AvgIpc) is 3.01. The summed E-state index contributed by atoms with van der Waals surface area (Å²) in [6.45, 7) is 2.40. The van der Waals surface area contributed by atoms with E-state index in [4.69, 9.17) is 9.15 Å². The van der Waals surface area contributed by atoms with Crippen LogP contribution in [0.25, 0.3) is 11.0 Å². The molecule has 2 aromatic heterocycles. The molecule has 0 aliphatic carbocycles. The first-order valence-corrected chi connectivity index (χ1v) is 6.59. The van der Waals surface area contributed by atoms with Crippen molar-refractivity contribution in [2.24, 2.45) is 5.10 Å². The highest BCUT2D eigenvalue weighted by atomic mass is 16.5. The third-order valence-electron chi connectivity index (χ3n) is 2.73. The van der Waals surface area contributed by atoms with Crippen LogP contribution >= 0.6 is 0 Å². The van der Waals surface area contributed by atoms with Crippen LogP contribution in [0, 0.1) is 0 Å². The number of nitrogens with one attached hydrogen (secondary N) is 1. The number of furan rings is 1. The van der Waals surface area contributed by atoms with Crippen molar-refractivity contribution < 1.29 is 9.15 Å². The Bertz CT molecular complexity index is 753. The second kappa shape index (κ2) is 6.04. The molecule has 21 heavy (non-hydrogen) atoms. The van der Waals surface area contributed by atoms with Crippen molar-refractivity contribution >= 4 is 23.1 Å². The summed E-state index contributed by atoms with van der Waals surface area (Å²) in [5, 5.41) is 4.08. The van der Waals surface area contributed by atoms with Crippen LogP contribution in [0.4, 0.5) is 5.82 Å². The predicted molar refractivity (Wildman–Crippen MR) is 80.6 cm³/mol. The van der Waals surface area contributed by atoms with E-state index in [-0.39, 0.29) is 0 Å². The summed E-state index contributed by atoms with van der Waals surface area (Å²) >= 11 is 0. The van der Waals surface area contributed by atoms with Gasteiger partial charge in [-0.1, -0.05) is 12.1 Å². The molecular weight excluding hydrogens is 268 g/mol. The Morgan fingerprint density at radius 2 is 2.00 bits per heavy atom. The van der Waals surface area contributed by atoms with Gasteiger partial charge in [-0.15, -0.1) is 0 Å².